The molecule has 1 aliphatic heterocycles. The van der Waals surface area contributed by atoms with Gasteiger partial charge >= 0.3 is 0 Å². The first-order chi connectivity index (χ1) is 12.7. The van der Waals surface area contributed by atoms with Gasteiger partial charge in [0.1, 0.15) is 11.9 Å². The Morgan fingerprint density at radius 2 is 1.92 bits per heavy atom. The van der Waals surface area contributed by atoms with E-state index in [0.29, 0.717) is 5.82 Å². The Balaban J connectivity index is 1.48. The zero-order valence-corrected chi connectivity index (χ0v) is 14.5. The molecule has 1 aromatic heterocycles. The van der Waals surface area contributed by atoms with Gasteiger partial charge in [0.25, 0.3) is 5.91 Å². The van der Waals surface area contributed by atoms with Crippen molar-refractivity contribution in [2.24, 2.45) is 11.3 Å². The predicted octanol–water partition coefficient (Wildman–Crippen LogP) is 1.60. The van der Waals surface area contributed by atoms with E-state index in [0.717, 1.165) is 37.9 Å². The number of nitrogens with zero attached hydrogens (tertiary/aromatic N) is 1. The first kappa shape index (κ1) is 16.8. The van der Waals surface area contributed by atoms with E-state index in [1.54, 1.807) is 12.3 Å². The Kier molecular flexibility index (Phi) is 4.46. The van der Waals surface area contributed by atoms with Gasteiger partial charge < -0.3 is 16.0 Å². The van der Waals surface area contributed by atoms with E-state index in [-0.39, 0.29) is 23.1 Å². The summed E-state index contributed by atoms with van der Waals surface area (Å²) in [5, 5.41) is 15.6. The summed E-state index contributed by atoms with van der Waals surface area (Å²) in [4.78, 5) is 25.6. The van der Waals surface area contributed by atoms with E-state index >= 15 is 0 Å². The maximum absolute atomic E-state index is 12.8. The van der Waals surface area contributed by atoms with Crippen molar-refractivity contribution in [2.45, 2.75) is 25.3 Å². The fourth-order valence-corrected chi connectivity index (χ4v) is 3.91. The molecular weight excluding hydrogens is 330 g/mol. The molecule has 7 nitrogen and oxygen atoms in total. The molecule has 4 rings (SSSR count). The summed E-state index contributed by atoms with van der Waals surface area (Å²) in [7, 11) is 0. The van der Waals surface area contributed by atoms with Crippen LogP contribution in [0.15, 0.2) is 42.6 Å². The molecule has 136 valence electrons. The van der Waals surface area contributed by atoms with Crippen molar-refractivity contribution >= 4 is 17.6 Å². The molecule has 2 heterocycles. The predicted molar refractivity (Wildman–Crippen MR) is 97.2 cm³/mol. The van der Waals surface area contributed by atoms with Crippen molar-refractivity contribution in [3.63, 3.8) is 0 Å². The number of aromatic amines is 1. The average molecular weight is 353 g/mol. The Labute approximate surface area is 151 Å². The lowest BCUT2D eigenvalue weighted by molar-refractivity contribution is -0.128. The second-order valence-corrected chi connectivity index (χ2v) is 7.18. The van der Waals surface area contributed by atoms with Gasteiger partial charge in [-0.15, -0.1) is 0 Å². The molecular formula is C19H23N5O2. The quantitative estimate of drug-likeness (QED) is 0.656. The van der Waals surface area contributed by atoms with E-state index in [1.165, 1.54) is 0 Å². The third kappa shape index (κ3) is 3.35. The highest BCUT2D eigenvalue weighted by Gasteiger charge is 2.57. The van der Waals surface area contributed by atoms with Crippen LogP contribution < -0.4 is 16.0 Å². The highest BCUT2D eigenvalue weighted by atomic mass is 16.2. The molecule has 7 heteroatoms. The molecule has 2 aliphatic rings. The molecule has 1 aromatic carbocycles. The number of amides is 2. The van der Waals surface area contributed by atoms with Gasteiger partial charge in [-0.1, -0.05) is 30.3 Å². The normalized spacial score (nSPS) is 21.8. The molecule has 2 fully saturated rings. The van der Waals surface area contributed by atoms with Gasteiger partial charge in [-0.05, 0) is 43.3 Å². The second kappa shape index (κ2) is 6.92. The van der Waals surface area contributed by atoms with E-state index in [2.05, 4.69) is 26.1 Å². The summed E-state index contributed by atoms with van der Waals surface area (Å²) >= 11 is 0. The summed E-state index contributed by atoms with van der Waals surface area (Å²) in [5.74, 6) is 0.205. The van der Waals surface area contributed by atoms with Gasteiger partial charge in [-0.2, -0.15) is 5.10 Å². The summed E-state index contributed by atoms with van der Waals surface area (Å²) < 4.78 is 0. The summed E-state index contributed by atoms with van der Waals surface area (Å²) in [6.45, 7) is 1.93. The highest BCUT2D eigenvalue weighted by Crippen LogP contribution is 2.58. The Bertz CT molecular complexity index is 768. The zero-order chi connectivity index (χ0) is 18.0. The number of nitrogens with one attached hydrogen (secondary N) is 4. The summed E-state index contributed by atoms with van der Waals surface area (Å²) in [6, 6.07) is 10.3. The summed E-state index contributed by atoms with van der Waals surface area (Å²) in [6.07, 6.45) is 4.55. The van der Waals surface area contributed by atoms with E-state index < -0.39 is 6.04 Å². The molecule has 0 bridgehead atoms. The van der Waals surface area contributed by atoms with Gasteiger partial charge in [-0.25, -0.2) is 0 Å². The lowest BCUT2D eigenvalue weighted by Crippen LogP contribution is -2.39. The number of anilines is 1. The van der Waals surface area contributed by atoms with Crippen LogP contribution in [-0.2, 0) is 9.59 Å². The average Bonchev–Trinajstić information content (AvgIpc) is 3.11. The number of H-pyrrole nitrogens is 1. The smallest absolute Gasteiger partial charge is 0.252 e. The van der Waals surface area contributed by atoms with Crippen LogP contribution >= 0.6 is 0 Å². The van der Waals surface area contributed by atoms with Gasteiger partial charge in [-0.3, -0.25) is 14.7 Å². The third-order valence-electron chi connectivity index (χ3n) is 5.55. The Morgan fingerprint density at radius 3 is 2.62 bits per heavy atom. The number of benzene rings is 1. The molecule has 1 saturated carbocycles. The maximum atomic E-state index is 12.8. The van der Waals surface area contributed by atoms with Crippen LogP contribution in [0.3, 0.4) is 0 Å². The number of hydrogen-bond donors (Lipinski definition) is 4. The minimum atomic E-state index is -0.730. The molecule has 1 saturated heterocycles. The van der Waals surface area contributed by atoms with Gasteiger partial charge in [0, 0.05) is 12.0 Å². The van der Waals surface area contributed by atoms with Crippen molar-refractivity contribution < 1.29 is 9.59 Å². The van der Waals surface area contributed by atoms with Crippen molar-refractivity contribution in [1.29, 1.82) is 0 Å². The number of carbonyl (C=O) groups is 2. The molecule has 2 atom stereocenters. The lowest BCUT2D eigenvalue weighted by Gasteiger charge is -2.24. The van der Waals surface area contributed by atoms with Crippen LogP contribution in [0.2, 0.25) is 0 Å². The van der Waals surface area contributed by atoms with Crippen LogP contribution in [0.5, 0.6) is 0 Å². The zero-order valence-electron chi connectivity index (χ0n) is 14.5. The molecule has 2 aromatic rings. The standard InChI is InChI=1S/C19H23N5O2/c25-17(14-12-19(14)7-10-20-11-8-19)23-16(13-4-2-1-3-5-13)18(26)22-15-6-9-21-24-15/h1-6,9,14,16,20H,7-8,10-12H2,(H,23,25)(H2,21,22,24,26). The molecule has 2 amide bonds. The number of rotatable bonds is 5. The van der Waals surface area contributed by atoms with Crippen LogP contribution in [0.1, 0.15) is 30.9 Å². The highest BCUT2D eigenvalue weighted by molar-refractivity contribution is 5.98. The Hall–Kier alpha value is -2.67. The third-order valence-corrected chi connectivity index (χ3v) is 5.55. The molecule has 2 unspecified atom stereocenters. The van der Waals surface area contributed by atoms with Crippen molar-refractivity contribution in [2.75, 3.05) is 18.4 Å². The SMILES string of the molecule is O=C(Nc1ccn[nH]1)C(NC(=O)C1CC12CCNCC2)c1ccccc1. The van der Waals surface area contributed by atoms with Crippen molar-refractivity contribution in [1.82, 2.24) is 20.8 Å². The van der Waals surface area contributed by atoms with Crippen LogP contribution in [-0.4, -0.2) is 35.1 Å². The fraction of sp³-hybridized carbons (Fsp3) is 0.421. The topological polar surface area (TPSA) is 98.9 Å². The maximum Gasteiger partial charge on any atom is 0.252 e. The number of aromatic nitrogens is 2. The molecule has 4 N–H and O–H groups in total. The minimum absolute atomic E-state index is 0.00997. The van der Waals surface area contributed by atoms with Gasteiger partial charge in [0.05, 0.1) is 6.20 Å². The van der Waals surface area contributed by atoms with Crippen molar-refractivity contribution in [3.05, 3.63) is 48.2 Å². The van der Waals surface area contributed by atoms with Gasteiger partial charge in [0.2, 0.25) is 5.91 Å². The fourth-order valence-electron chi connectivity index (χ4n) is 3.91. The van der Waals surface area contributed by atoms with Crippen LogP contribution in [0, 0.1) is 11.3 Å². The first-order valence-corrected chi connectivity index (χ1v) is 9.04. The van der Waals surface area contributed by atoms with Crippen LogP contribution in [0.25, 0.3) is 0 Å². The first-order valence-electron chi connectivity index (χ1n) is 9.04. The molecule has 0 radical (unpaired) electrons. The Morgan fingerprint density at radius 1 is 1.15 bits per heavy atom. The monoisotopic (exact) mass is 353 g/mol. The lowest BCUT2D eigenvalue weighted by atomic mass is 9.91. The largest absolute Gasteiger partial charge is 0.340 e. The van der Waals surface area contributed by atoms with E-state index in [9.17, 15) is 9.59 Å². The minimum Gasteiger partial charge on any atom is -0.340 e. The molecule has 1 aliphatic carbocycles. The number of carbonyl (C=O) groups excluding carboxylic acids is 2. The number of hydrogen-bond acceptors (Lipinski definition) is 4. The van der Waals surface area contributed by atoms with E-state index in [4.69, 9.17) is 0 Å². The van der Waals surface area contributed by atoms with E-state index in [1.807, 2.05) is 30.3 Å². The second-order valence-electron chi connectivity index (χ2n) is 7.18. The molecule has 26 heavy (non-hydrogen) atoms. The van der Waals surface area contributed by atoms with Crippen molar-refractivity contribution in [3.8, 4) is 0 Å². The molecule has 1 spiro atoms. The van der Waals surface area contributed by atoms with Gasteiger partial charge in [0.15, 0.2) is 0 Å². The summed E-state index contributed by atoms with van der Waals surface area (Å²) in [5.41, 5.74) is 0.897. The number of piperidine rings is 1. The van der Waals surface area contributed by atoms with Crippen LogP contribution in [0.4, 0.5) is 5.82 Å².